The van der Waals surface area contributed by atoms with Gasteiger partial charge >= 0.3 is 0 Å². The molecule has 3 aromatic rings. The maximum absolute atomic E-state index is 13.5. The van der Waals surface area contributed by atoms with Crippen LogP contribution in [0.5, 0.6) is 0 Å². The smallest absolute Gasteiger partial charge is 0.235 e. The van der Waals surface area contributed by atoms with Gasteiger partial charge in [-0.05, 0) is 42.5 Å². The molecule has 1 atom stereocenters. The summed E-state index contributed by atoms with van der Waals surface area (Å²) in [5.74, 6) is 2.67. The van der Waals surface area contributed by atoms with E-state index in [2.05, 4.69) is 51.3 Å². The monoisotopic (exact) mass is 430 g/mol. The Morgan fingerprint density at radius 1 is 1.09 bits per heavy atom. The number of nitrogens with zero attached hydrogens (tertiary/aromatic N) is 3. The minimum atomic E-state index is -0.539. The largest absolute Gasteiger partial charge is 0.381 e. The summed E-state index contributed by atoms with van der Waals surface area (Å²) in [6.45, 7) is 4.26. The maximum Gasteiger partial charge on any atom is 0.235 e. The van der Waals surface area contributed by atoms with Crippen molar-refractivity contribution in [3.05, 3.63) is 77.4 Å². The van der Waals surface area contributed by atoms with Crippen LogP contribution in [-0.4, -0.2) is 33.9 Å². The zero-order chi connectivity index (χ0) is 22.0. The Bertz CT molecular complexity index is 1060. The second kappa shape index (κ2) is 8.87. The lowest BCUT2D eigenvalue weighted by Crippen LogP contribution is -2.44. The van der Waals surface area contributed by atoms with E-state index >= 15 is 0 Å². The van der Waals surface area contributed by atoms with Crippen molar-refractivity contribution in [1.82, 2.24) is 14.8 Å². The van der Waals surface area contributed by atoms with Crippen LogP contribution in [0.2, 0.25) is 0 Å². The summed E-state index contributed by atoms with van der Waals surface area (Å²) in [4.78, 5) is 13.5. The summed E-state index contributed by atoms with van der Waals surface area (Å²) >= 11 is 0. The number of nitrogens with one attached hydrogen (secondary N) is 1. The van der Waals surface area contributed by atoms with E-state index in [0.29, 0.717) is 32.0 Å². The summed E-state index contributed by atoms with van der Waals surface area (Å²) in [5, 5.41) is 11.8. The van der Waals surface area contributed by atoms with Crippen molar-refractivity contribution in [2.45, 2.75) is 56.9 Å². The van der Waals surface area contributed by atoms with E-state index in [1.807, 2.05) is 30.3 Å². The normalized spacial score (nSPS) is 19.8. The maximum atomic E-state index is 13.5. The van der Waals surface area contributed by atoms with Crippen LogP contribution in [0.25, 0.3) is 0 Å². The van der Waals surface area contributed by atoms with Gasteiger partial charge in [-0.1, -0.05) is 49.4 Å². The fourth-order valence-electron chi connectivity index (χ4n) is 5.13. The Morgan fingerprint density at radius 2 is 1.84 bits per heavy atom. The number of carbonyl (C=O) groups is 1. The lowest BCUT2D eigenvalue weighted by molar-refractivity contribution is -0.125. The number of ether oxygens (including phenoxy) is 1. The van der Waals surface area contributed by atoms with E-state index in [9.17, 15) is 4.79 Å². The molecule has 2 aromatic carbocycles. The molecule has 1 amide bonds. The molecule has 1 fully saturated rings. The molecule has 1 aromatic heterocycles. The van der Waals surface area contributed by atoms with E-state index in [1.165, 1.54) is 5.56 Å². The van der Waals surface area contributed by atoms with Crippen LogP contribution in [0.1, 0.15) is 54.9 Å². The molecular formula is C26H30N4O2. The van der Waals surface area contributed by atoms with Gasteiger partial charge in [0.15, 0.2) is 0 Å². The molecule has 2 aliphatic heterocycles. The number of rotatable bonds is 5. The van der Waals surface area contributed by atoms with Crippen LogP contribution in [0.3, 0.4) is 0 Å². The van der Waals surface area contributed by atoms with Crippen molar-refractivity contribution >= 4 is 11.6 Å². The summed E-state index contributed by atoms with van der Waals surface area (Å²) < 4.78 is 7.85. The molecule has 1 N–H and O–H groups in total. The van der Waals surface area contributed by atoms with E-state index in [-0.39, 0.29) is 5.91 Å². The molecule has 6 nitrogen and oxygen atoms in total. The molecule has 2 aliphatic rings. The standard InChI is InChI=1S/C26H30N4O2/c1-2-23-28-29-24-13-10-20(18-30(23)24)19-8-11-22(12-9-19)27-25(31)26(14-16-32-17-15-26)21-6-4-3-5-7-21/h3-9,11-12,20H,2,10,13-18H2,1H3,(H,27,31). The Balaban J connectivity index is 1.32. The Labute approximate surface area is 189 Å². The van der Waals surface area contributed by atoms with Crippen molar-refractivity contribution in [2.24, 2.45) is 0 Å². The van der Waals surface area contributed by atoms with Crippen LogP contribution < -0.4 is 5.32 Å². The van der Waals surface area contributed by atoms with Gasteiger partial charge in [-0.15, -0.1) is 10.2 Å². The van der Waals surface area contributed by atoms with Crippen molar-refractivity contribution in [3.63, 3.8) is 0 Å². The minimum absolute atomic E-state index is 0.0548. The molecule has 166 valence electrons. The number of carbonyl (C=O) groups excluding carboxylic acids is 1. The molecule has 1 unspecified atom stereocenters. The number of aryl methyl sites for hydroxylation is 2. The number of benzene rings is 2. The summed E-state index contributed by atoms with van der Waals surface area (Å²) in [5.41, 5.74) is 2.67. The zero-order valence-electron chi connectivity index (χ0n) is 18.6. The van der Waals surface area contributed by atoms with Crippen molar-refractivity contribution in [1.29, 1.82) is 0 Å². The van der Waals surface area contributed by atoms with Crippen LogP contribution >= 0.6 is 0 Å². The van der Waals surface area contributed by atoms with Gasteiger partial charge in [0.05, 0.1) is 5.41 Å². The SMILES string of the molecule is CCc1nnc2n1CC(c1ccc(NC(=O)C3(c4ccccc4)CCOCC3)cc1)CC2. The molecule has 0 radical (unpaired) electrons. The van der Waals surface area contributed by atoms with Gasteiger partial charge in [-0.25, -0.2) is 0 Å². The van der Waals surface area contributed by atoms with E-state index in [4.69, 9.17) is 4.74 Å². The van der Waals surface area contributed by atoms with Gasteiger partial charge in [0.1, 0.15) is 11.6 Å². The third kappa shape index (κ3) is 3.84. The van der Waals surface area contributed by atoms with E-state index in [0.717, 1.165) is 48.7 Å². The van der Waals surface area contributed by atoms with Gasteiger partial charge in [0.2, 0.25) is 5.91 Å². The average Bonchev–Trinajstić information content (AvgIpc) is 3.28. The fraction of sp³-hybridized carbons (Fsp3) is 0.423. The highest BCUT2D eigenvalue weighted by atomic mass is 16.5. The third-order valence-corrected chi connectivity index (χ3v) is 7.09. The summed E-state index contributed by atoms with van der Waals surface area (Å²) in [6.07, 6.45) is 4.33. The van der Waals surface area contributed by atoms with Crippen LogP contribution in [0.15, 0.2) is 54.6 Å². The highest BCUT2D eigenvalue weighted by Gasteiger charge is 2.41. The Kier molecular flexibility index (Phi) is 5.79. The molecule has 5 rings (SSSR count). The van der Waals surface area contributed by atoms with Crippen molar-refractivity contribution in [3.8, 4) is 0 Å². The summed E-state index contributed by atoms with van der Waals surface area (Å²) in [6, 6.07) is 18.5. The fourth-order valence-corrected chi connectivity index (χ4v) is 5.13. The van der Waals surface area contributed by atoms with Crippen LogP contribution in [0, 0.1) is 0 Å². The second-order valence-corrected chi connectivity index (χ2v) is 8.87. The van der Waals surface area contributed by atoms with Crippen molar-refractivity contribution in [2.75, 3.05) is 18.5 Å². The predicted octanol–water partition coefficient (Wildman–Crippen LogP) is 4.26. The average molecular weight is 431 g/mol. The third-order valence-electron chi connectivity index (χ3n) is 7.09. The minimum Gasteiger partial charge on any atom is -0.381 e. The number of anilines is 1. The highest BCUT2D eigenvalue weighted by molar-refractivity contribution is 5.99. The first-order valence-corrected chi connectivity index (χ1v) is 11.7. The summed E-state index contributed by atoms with van der Waals surface area (Å²) in [7, 11) is 0. The lowest BCUT2D eigenvalue weighted by atomic mass is 9.73. The molecule has 0 aliphatic carbocycles. The first-order chi connectivity index (χ1) is 15.7. The molecule has 1 saturated heterocycles. The molecular weight excluding hydrogens is 400 g/mol. The molecule has 0 spiro atoms. The van der Waals surface area contributed by atoms with Gasteiger partial charge < -0.3 is 14.6 Å². The van der Waals surface area contributed by atoms with Crippen LogP contribution in [0.4, 0.5) is 5.69 Å². The number of amides is 1. The quantitative estimate of drug-likeness (QED) is 0.657. The van der Waals surface area contributed by atoms with E-state index < -0.39 is 5.41 Å². The first kappa shape index (κ1) is 20.9. The zero-order valence-corrected chi connectivity index (χ0v) is 18.6. The van der Waals surface area contributed by atoms with Crippen molar-refractivity contribution < 1.29 is 9.53 Å². The topological polar surface area (TPSA) is 69.0 Å². The molecule has 0 bridgehead atoms. The number of fused-ring (bicyclic) bond motifs is 1. The molecule has 32 heavy (non-hydrogen) atoms. The van der Waals surface area contributed by atoms with Gasteiger partial charge in [-0.2, -0.15) is 0 Å². The van der Waals surface area contributed by atoms with Crippen LogP contribution in [-0.2, 0) is 34.3 Å². The van der Waals surface area contributed by atoms with Gasteiger partial charge in [0.25, 0.3) is 0 Å². The Morgan fingerprint density at radius 3 is 2.56 bits per heavy atom. The first-order valence-electron chi connectivity index (χ1n) is 11.7. The lowest BCUT2D eigenvalue weighted by Gasteiger charge is -2.36. The predicted molar refractivity (Wildman–Crippen MR) is 124 cm³/mol. The second-order valence-electron chi connectivity index (χ2n) is 8.87. The number of hydrogen-bond acceptors (Lipinski definition) is 4. The van der Waals surface area contributed by atoms with Gasteiger partial charge in [0, 0.05) is 44.2 Å². The highest BCUT2D eigenvalue weighted by Crippen LogP contribution is 2.36. The van der Waals surface area contributed by atoms with E-state index in [1.54, 1.807) is 0 Å². The molecule has 3 heterocycles. The van der Waals surface area contributed by atoms with Gasteiger partial charge in [-0.3, -0.25) is 4.79 Å². The Hall–Kier alpha value is -2.99. The number of aromatic nitrogens is 3. The molecule has 6 heteroatoms. The number of hydrogen-bond donors (Lipinski definition) is 1. The molecule has 0 saturated carbocycles.